The topological polar surface area (TPSA) is 99.5 Å². The molecule has 9 heteroatoms. The molecule has 0 radical (unpaired) electrons. The van der Waals surface area contributed by atoms with E-state index in [0.717, 1.165) is 32.4 Å². The first kappa shape index (κ1) is 24.2. The Bertz CT molecular complexity index is 1700. The molecular weight excluding hydrogens is 490 g/mol. The number of methoxy groups -OCH3 is 1. The molecule has 0 aliphatic rings. The summed E-state index contributed by atoms with van der Waals surface area (Å²) in [5, 5.41) is 11.7. The van der Waals surface area contributed by atoms with E-state index in [4.69, 9.17) is 9.47 Å². The molecule has 8 nitrogen and oxygen atoms in total. The Balaban J connectivity index is 1.58. The van der Waals surface area contributed by atoms with Crippen LogP contribution in [0.5, 0.6) is 5.75 Å². The van der Waals surface area contributed by atoms with Gasteiger partial charge < -0.3 is 14.8 Å². The first-order chi connectivity index (χ1) is 18.0. The van der Waals surface area contributed by atoms with Gasteiger partial charge in [-0.25, -0.2) is 4.79 Å². The van der Waals surface area contributed by atoms with Crippen LogP contribution in [-0.2, 0) is 16.0 Å². The molecule has 2 heterocycles. The maximum atomic E-state index is 13.6. The number of hydrogen-bond acceptors (Lipinski definition) is 7. The highest BCUT2D eigenvalue weighted by Crippen LogP contribution is 2.31. The van der Waals surface area contributed by atoms with Crippen LogP contribution in [0.3, 0.4) is 0 Å². The van der Waals surface area contributed by atoms with Gasteiger partial charge in [-0.05, 0) is 35.4 Å². The highest BCUT2D eigenvalue weighted by atomic mass is 32.1. The number of nitrogens with zero attached hydrogens (tertiary/aromatic N) is 2. The quantitative estimate of drug-likeness (QED) is 0.309. The van der Waals surface area contributed by atoms with Crippen LogP contribution in [0.25, 0.3) is 27.2 Å². The molecule has 0 aliphatic carbocycles. The highest BCUT2D eigenvalue weighted by Gasteiger charge is 2.23. The lowest BCUT2D eigenvalue weighted by Gasteiger charge is -2.11. The average molecular weight is 514 g/mol. The smallest absolute Gasteiger partial charge is 0.359 e. The fraction of sp³-hybridized carbons (Fsp3) is 0.143. The number of anilines is 1. The van der Waals surface area contributed by atoms with Gasteiger partial charge in [0, 0.05) is 16.8 Å². The Morgan fingerprint density at radius 2 is 1.81 bits per heavy atom. The summed E-state index contributed by atoms with van der Waals surface area (Å²) in [6.07, 6.45) is 0.126. The van der Waals surface area contributed by atoms with E-state index in [2.05, 4.69) is 10.4 Å². The van der Waals surface area contributed by atoms with Gasteiger partial charge in [-0.3, -0.25) is 9.59 Å². The van der Waals surface area contributed by atoms with Crippen molar-refractivity contribution in [2.75, 3.05) is 19.0 Å². The molecule has 0 fully saturated rings. The van der Waals surface area contributed by atoms with E-state index >= 15 is 0 Å². The standard InChI is InChI=1S/C28H23N3O5S/c1-3-36-28(34)25-22-16-37-26(24(22)27(33)31(30-25)19-11-7-12-20(15-19)35-2)29-23(32)14-18-10-6-9-17-8-4-5-13-21(17)18/h4-13,15-16H,3,14H2,1-2H3,(H,29,32). The van der Waals surface area contributed by atoms with Gasteiger partial charge in [-0.15, -0.1) is 11.3 Å². The summed E-state index contributed by atoms with van der Waals surface area (Å²) in [6.45, 7) is 1.85. The average Bonchev–Trinajstić information content (AvgIpc) is 3.33. The third-order valence-electron chi connectivity index (χ3n) is 5.90. The van der Waals surface area contributed by atoms with Crippen LogP contribution in [0.4, 0.5) is 5.00 Å². The van der Waals surface area contributed by atoms with Gasteiger partial charge in [-0.1, -0.05) is 48.5 Å². The van der Waals surface area contributed by atoms with Crippen molar-refractivity contribution in [2.45, 2.75) is 13.3 Å². The van der Waals surface area contributed by atoms with Crippen LogP contribution < -0.4 is 15.6 Å². The molecule has 5 aromatic rings. The van der Waals surface area contributed by atoms with Crippen LogP contribution in [0.2, 0.25) is 0 Å². The summed E-state index contributed by atoms with van der Waals surface area (Å²) in [4.78, 5) is 39.5. The molecule has 1 N–H and O–H groups in total. The molecule has 37 heavy (non-hydrogen) atoms. The predicted octanol–water partition coefficient (Wildman–Crippen LogP) is 4.97. The Kier molecular flexibility index (Phi) is 6.70. The third kappa shape index (κ3) is 4.68. The van der Waals surface area contributed by atoms with Crippen molar-refractivity contribution in [3.05, 3.63) is 93.7 Å². The minimum atomic E-state index is -0.657. The van der Waals surface area contributed by atoms with Gasteiger partial charge in [0.25, 0.3) is 5.56 Å². The number of hydrogen-bond donors (Lipinski definition) is 1. The number of benzene rings is 3. The Labute approximate surface area is 216 Å². The van der Waals surface area contributed by atoms with Gasteiger partial charge in [0.05, 0.1) is 31.2 Å². The van der Waals surface area contributed by atoms with Gasteiger partial charge >= 0.3 is 5.97 Å². The number of amides is 1. The Morgan fingerprint density at radius 3 is 2.62 bits per heavy atom. The van der Waals surface area contributed by atoms with Crippen LogP contribution >= 0.6 is 11.3 Å². The number of nitrogens with one attached hydrogen (secondary N) is 1. The highest BCUT2D eigenvalue weighted by molar-refractivity contribution is 7.16. The molecule has 0 atom stereocenters. The number of rotatable bonds is 7. The van der Waals surface area contributed by atoms with Crippen molar-refractivity contribution >= 4 is 49.8 Å². The Hall–Kier alpha value is -4.50. The zero-order valence-corrected chi connectivity index (χ0v) is 21.0. The number of fused-ring (bicyclic) bond motifs is 2. The van der Waals surface area contributed by atoms with E-state index in [1.54, 1.807) is 36.6 Å². The van der Waals surface area contributed by atoms with E-state index in [0.29, 0.717) is 21.8 Å². The molecule has 186 valence electrons. The largest absolute Gasteiger partial charge is 0.497 e. The second-order valence-electron chi connectivity index (χ2n) is 8.20. The van der Waals surface area contributed by atoms with E-state index in [-0.39, 0.29) is 30.0 Å². The SMILES string of the molecule is CCOC(=O)c1nn(-c2cccc(OC)c2)c(=O)c2c(NC(=O)Cc3cccc4ccccc34)scc12. The zero-order chi connectivity index (χ0) is 25.9. The van der Waals surface area contributed by atoms with Crippen molar-refractivity contribution < 1.29 is 19.1 Å². The lowest BCUT2D eigenvalue weighted by Crippen LogP contribution is -2.25. The molecule has 1 amide bonds. The molecule has 0 aliphatic heterocycles. The summed E-state index contributed by atoms with van der Waals surface area (Å²) in [7, 11) is 1.52. The summed E-state index contributed by atoms with van der Waals surface area (Å²) in [5.41, 5.74) is 0.804. The number of carbonyl (C=O) groups excluding carboxylic acids is 2. The summed E-state index contributed by atoms with van der Waals surface area (Å²) < 4.78 is 11.6. The van der Waals surface area contributed by atoms with E-state index in [1.165, 1.54) is 7.11 Å². The monoisotopic (exact) mass is 513 g/mol. The van der Waals surface area contributed by atoms with Gasteiger partial charge in [0.15, 0.2) is 5.69 Å². The van der Waals surface area contributed by atoms with E-state index < -0.39 is 11.5 Å². The summed E-state index contributed by atoms with van der Waals surface area (Å²) in [6, 6.07) is 20.4. The maximum absolute atomic E-state index is 13.6. The van der Waals surface area contributed by atoms with Crippen LogP contribution in [0.15, 0.2) is 76.9 Å². The number of thiophene rings is 1. The molecule has 0 bridgehead atoms. The van der Waals surface area contributed by atoms with E-state index in [9.17, 15) is 14.4 Å². The molecule has 0 saturated carbocycles. The fourth-order valence-electron chi connectivity index (χ4n) is 4.20. The Morgan fingerprint density at radius 1 is 1.03 bits per heavy atom. The molecule has 3 aromatic carbocycles. The minimum Gasteiger partial charge on any atom is -0.497 e. The van der Waals surface area contributed by atoms with Crippen molar-refractivity contribution in [2.24, 2.45) is 0 Å². The molecular formula is C28H23N3O5S. The summed E-state index contributed by atoms with van der Waals surface area (Å²) >= 11 is 1.16. The van der Waals surface area contributed by atoms with Crippen molar-refractivity contribution in [1.29, 1.82) is 0 Å². The van der Waals surface area contributed by atoms with Gasteiger partial charge in [-0.2, -0.15) is 9.78 Å². The van der Waals surface area contributed by atoms with Crippen LogP contribution in [0.1, 0.15) is 23.0 Å². The van der Waals surface area contributed by atoms with Crippen molar-refractivity contribution in [1.82, 2.24) is 9.78 Å². The third-order valence-corrected chi connectivity index (χ3v) is 6.80. The number of carbonyl (C=O) groups is 2. The van der Waals surface area contributed by atoms with Crippen molar-refractivity contribution in [3.8, 4) is 11.4 Å². The maximum Gasteiger partial charge on any atom is 0.359 e. The van der Waals surface area contributed by atoms with Crippen LogP contribution in [-0.4, -0.2) is 35.4 Å². The molecule has 0 saturated heterocycles. The second-order valence-corrected chi connectivity index (χ2v) is 9.08. The minimum absolute atomic E-state index is 0.00919. The van der Waals surface area contributed by atoms with E-state index in [1.807, 2.05) is 42.5 Å². The second kappa shape index (κ2) is 10.2. The number of ether oxygens (including phenoxy) is 2. The van der Waals surface area contributed by atoms with Crippen LogP contribution in [0, 0.1) is 0 Å². The molecule has 5 rings (SSSR count). The van der Waals surface area contributed by atoms with Crippen molar-refractivity contribution in [3.63, 3.8) is 0 Å². The normalized spacial score (nSPS) is 11.0. The lowest BCUT2D eigenvalue weighted by atomic mass is 10.0. The number of aromatic nitrogens is 2. The predicted molar refractivity (Wildman–Crippen MR) is 144 cm³/mol. The number of esters is 1. The zero-order valence-electron chi connectivity index (χ0n) is 20.2. The molecule has 2 aromatic heterocycles. The van der Waals surface area contributed by atoms with Gasteiger partial charge in [0.2, 0.25) is 5.91 Å². The lowest BCUT2D eigenvalue weighted by molar-refractivity contribution is -0.115. The molecule has 0 spiro atoms. The first-order valence-corrected chi connectivity index (χ1v) is 12.5. The van der Waals surface area contributed by atoms with Gasteiger partial charge in [0.1, 0.15) is 10.8 Å². The first-order valence-electron chi connectivity index (χ1n) is 11.6. The fourth-order valence-corrected chi connectivity index (χ4v) is 5.15. The summed E-state index contributed by atoms with van der Waals surface area (Å²) in [5.74, 6) is -0.407. The molecule has 0 unspecified atom stereocenters.